The van der Waals surface area contributed by atoms with Gasteiger partial charge in [-0.15, -0.1) is 0 Å². The Kier molecular flexibility index (Phi) is 5.34. The van der Waals surface area contributed by atoms with Crippen molar-refractivity contribution in [2.24, 2.45) is 5.41 Å². The number of hydrogen-bond donors (Lipinski definition) is 0. The lowest BCUT2D eigenvalue weighted by Crippen LogP contribution is -2.59. The molecular formula is C13H24O6S. The van der Waals surface area contributed by atoms with Crippen molar-refractivity contribution >= 4 is 12.0 Å². The lowest BCUT2D eigenvalue weighted by Gasteiger charge is -2.49. The van der Waals surface area contributed by atoms with Crippen molar-refractivity contribution in [3.05, 3.63) is 0 Å². The molecule has 6 nitrogen and oxygen atoms in total. The monoisotopic (exact) mass is 308 g/mol. The van der Waals surface area contributed by atoms with Gasteiger partial charge in [0.05, 0.1) is 31.8 Å². The molecule has 0 aliphatic carbocycles. The Labute approximate surface area is 124 Å². The van der Waals surface area contributed by atoms with Gasteiger partial charge < -0.3 is 23.7 Å². The molecule has 0 N–H and O–H groups in total. The molecule has 0 atom stereocenters. The summed E-state index contributed by atoms with van der Waals surface area (Å²) >= 11 is 1.24. The summed E-state index contributed by atoms with van der Waals surface area (Å²) in [6.07, 6.45) is 3.11. The number of rotatable bonds is 5. The second-order valence-corrected chi connectivity index (χ2v) is 5.68. The van der Waals surface area contributed by atoms with E-state index in [9.17, 15) is 0 Å². The summed E-state index contributed by atoms with van der Waals surface area (Å²) in [6.45, 7) is 5.84. The minimum Gasteiger partial charge on any atom is -0.331 e. The van der Waals surface area contributed by atoms with Gasteiger partial charge in [-0.25, -0.2) is 0 Å². The molecule has 2 aliphatic rings. The molecule has 0 aromatic rings. The fraction of sp³-hybridized carbons (Fsp3) is 1.00. The summed E-state index contributed by atoms with van der Waals surface area (Å²) in [5.41, 5.74) is -0.294. The minimum absolute atomic E-state index is 0.294. The molecule has 0 aromatic heterocycles. The van der Waals surface area contributed by atoms with Gasteiger partial charge in [-0.1, -0.05) is 13.8 Å². The molecule has 1 spiro atoms. The first-order chi connectivity index (χ1) is 9.57. The molecule has 2 saturated heterocycles. The van der Waals surface area contributed by atoms with Gasteiger partial charge in [-0.3, -0.25) is 4.18 Å². The molecule has 0 saturated carbocycles. The maximum atomic E-state index is 5.82. The molecule has 2 rings (SSSR count). The van der Waals surface area contributed by atoms with Gasteiger partial charge in [0.15, 0.2) is 0 Å². The van der Waals surface area contributed by atoms with Crippen LogP contribution in [0, 0.1) is 5.41 Å². The topological polar surface area (TPSA) is 55.4 Å². The zero-order valence-corrected chi connectivity index (χ0v) is 13.4. The third-order valence-corrected chi connectivity index (χ3v) is 4.20. The second-order valence-electron chi connectivity index (χ2n) is 5.18. The minimum atomic E-state index is -0.953. The third-order valence-electron chi connectivity index (χ3n) is 3.78. The van der Waals surface area contributed by atoms with Crippen LogP contribution in [0.4, 0.5) is 0 Å². The molecule has 7 heteroatoms. The Morgan fingerprint density at radius 1 is 0.900 bits per heavy atom. The molecule has 118 valence electrons. The van der Waals surface area contributed by atoms with E-state index in [4.69, 9.17) is 27.9 Å². The van der Waals surface area contributed by atoms with Crippen molar-refractivity contribution in [2.45, 2.75) is 38.6 Å². The van der Waals surface area contributed by atoms with Crippen LogP contribution in [0.2, 0.25) is 0 Å². The van der Waals surface area contributed by atoms with Gasteiger partial charge >= 0.3 is 0 Å². The number of hydrogen-bond acceptors (Lipinski definition) is 7. The molecule has 0 amide bonds. The van der Waals surface area contributed by atoms with Crippen LogP contribution < -0.4 is 0 Å². The average molecular weight is 308 g/mol. The predicted octanol–water partition coefficient (Wildman–Crippen LogP) is 2.13. The van der Waals surface area contributed by atoms with Crippen molar-refractivity contribution in [3.8, 4) is 0 Å². The highest BCUT2D eigenvalue weighted by molar-refractivity contribution is 7.93. The third kappa shape index (κ3) is 3.14. The molecule has 0 bridgehead atoms. The van der Waals surface area contributed by atoms with Gasteiger partial charge in [0.25, 0.3) is 11.9 Å². The van der Waals surface area contributed by atoms with Gasteiger partial charge in [-0.05, 0) is 12.0 Å². The zero-order chi connectivity index (χ0) is 14.7. The van der Waals surface area contributed by atoms with Crippen molar-refractivity contribution in [2.75, 3.05) is 39.8 Å². The Bertz CT molecular complexity index is 300. The highest BCUT2D eigenvalue weighted by atomic mass is 32.2. The number of ether oxygens (including phenoxy) is 5. The van der Waals surface area contributed by atoms with E-state index in [-0.39, 0.29) is 5.41 Å². The maximum absolute atomic E-state index is 5.82. The summed E-state index contributed by atoms with van der Waals surface area (Å²) in [5, 5.41) is 0. The predicted molar refractivity (Wildman–Crippen MR) is 73.9 cm³/mol. The van der Waals surface area contributed by atoms with Crippen molar-refractivity contribution < 1.29 is 27.9 Å². The van der Waals surface area contributed by atoms with Crippen LogP contribution >= 0.6 is 12.0 Å². The van der Waals surface area contributed by atoms with E-state index >= 15 is 0 Å². The SMILES string of the molecule is CCC1(OC)OCC2(CO1)COC(CC)(OSC)OC2. The fourth-order valence-electron chi connectivity index (χ4n) is 2.29. The van der Waals surface area contributed by atoms with Crippen LogP contribution in [0.1, 0.15) is 26.7 Å². The summed E-state index contributed by atoms with van der Waals surface area (Å²) in [6, 6.07) is 0. The van der Waals surface area contributed by atoms with E-state index in [1.165, 1.54) is 12.0 Å². The van der Waals surface area contributed by atoms with Crippen molar-refractivity contribution in [1.82, 2.24) is 0 Å². The quantitative estimate of drug-likeness (QED) is 0.721. The van der Waals surface area contributed by atoms with E-state index < -0.39 is 11.9 Å². The standard InChI is InChI=1S/C13H24O6S/c1-5-12(14-3)15-7-11(8-16-12)9-17-13(6-2,18-10-11)19-20-4/h5-10H2,1-4H3. The summed E-state index contributed by atoms with van der Waals surface area (Å²) in [4.78, 5) is 0. The zero-order valence-electron chi connectivity index (χ0n) is 12.6. The van der Waals surface area contributed by atoms with Crippen LogP contribution in [0.5, 0.6) is 0 Å². The van der Waals surface area contributed by atoms with Gasteiger partial charge in [-0.2, -0.15) is 0 Å². The fourth-order valence-corrected chi connectivity index (χ4v) is 2.76. The normalized spacial score (nSPS) is 42.0. The van der Waals surface area contributed by atoms with Gasteiger partial charge in [0.1, 0.15) is 0 Å². The summed E-state index contributed by atoms with van der Waals surface area (Å²) < 4.78 is 34.0. The summed E-state index contributed by atoms with van der Waals surface area (Å²) in [5.74, 6) is -1.88. The molecular weight excluding hydrogens is 284 g/mol. The van der Waals surface area contributed by atoms with Crippen LogP contribution in [-0.4, -0.2) is 51.7 Å². The molecule has 2 aliphatic heterocycles. The lowest BCUT2D eigenvalue weighted by atomic mass is 9.90. The molecule has 2 heterocycles. The van der Waals surface area contributed by atoms with Crippen LogP contribution in [0.3, 0.4) is 0 Å². The van der Waals surface area contributed by atoms with Crippen LogP contribution in [0.15, 0.2) is 0 Å². The molecule has 20 heavy (non-hydrogen) atoms. The van der Waals surface area contributed by atoms with E-state index in [0.29, 0.717) is 39.3 Å². The van der Waals surface area contributed by atoms with Gasteiger partial charge in [0, 0.05) is 26.2 Å². The Morgan fingerprint density at radius 3 is 1.70 bits per heavy atom. The summed E-state index contributed by atoms with van der Waals surface area (Å²) in [7, 11) is 1.59. The highest BCUT2D eigenvalue weighted by Gasteiger charge is 2.51. The van der Waals surface area contributed by atoms with E-state index in [1.54, 1.807) is 7.11 Å². The maximum Gasteiger partial charge on any atom is 0.293 e. The molecule has 2 fully saturated rings. The molecule has 0 radical (unpaired) electrons. The highest BCUT2D eigenvalue weighted by Crippen LogP contribution is 2.39. The molecule has 0 aromatic carbocycles. The average Bonchev–Trinajstić information content (AvgIpc) is 2.52. The molecule has 0 unspecified atom stereocenters. The first kappa shape index (κ1) is 16.5. The Hall–Kier alpha value is 0.110. The van der Waals surface area contributed by atoms with Crippen molar-refractivity contribution in [1.29, 1.82) is 0 Å². The van der Waals surface area contributed by atoms with E-state index in [0.717, 1.165) is 0 Å². The second kappa shape index (κ2) is 6.48. The first-order valence-electron chi connectivity index (χ1n) is 6.90. The lowest BCUT2D eigenvalue weighted by molar-refractivity contribution is -0.449. The first-order valence-corrected chi connectivity index (χ1v) is 8.05. The van der Waals surface area contributed by atoms with Crippen LogP contribution in [-0.2, 0) is 27.9 Å². The number of methoxy groups -OCH3 is 1. The largest absolute Gasteiger partial charge is 0.331 e. The van der Waals surface area contributed by atoms with Gasteiger partial charge in [0.2, 0.25) is 0 Å². The van der Waals surface area contributed by atoms with E-state index in [1.807, 2.05) is 20.1 Å². The van der Waals surface area contributed by atoms with Crippen molar-refractivity contribution in [3.63, 3.8) is 0 Å². The van der Waals surface area contributed by atoms with Crippen LogP contribution in [0.25, 0.3) is 0 Å². The Balaban J connectivity index is 1.94. The van der Waals surface area contributed by atoms with E-state index in [2.05, 4.69) is 0 Å². The Morgan fingerprint density at radius 2 is 1.35 bits per heavy atom. The smallest absolute Gasteiger partial charge is 0.293 e.